The summed E-state index contributed by atoms with van der Waals surface area (Å²) in [6.45, 7) is -8.48. The Bertz CT molecular complexity index is 4800. The summed E-state index contributed by atoms with van der Waals surface area (Å²) in [6, 6.07) is 1.79. The van der Waals surface area contributed by atoms with Crippen LogP contribution >= 0.6 is 0 Å². The molecule has 4 heterocycles. The number of hydrogen-bond donors (Lipinski definition) is 14. The zero-order valence-electron chi connectivity index (χ0n) is 64.1. The number of benzene rings is 1. The molecule has 122 heavy (non-hydrogen) atoms. The van der Waals surface area contributed by atoms with Crippen LogP contribution in [0.25, 0.3) is 0 Å². The molecule has 1 aromatic rings. The molecule has 4 fully saturated rings. The van der Waals surface area contributed by atoms with Crippen molar-refractivity contribution in [3.63, 3.8) is 0 Å². The first-order valence-corrected chi connectivity index (χ1v) is 44.7. The first-order valence-electron chi connectivity index (χ1n) is 25.6. The van der Waals surface area contributed by atoms with Crippen LogP contribution in [0.4, 0.5) is 0 Å². The fourth-order valence-corrected chi connectivity index (χ4v) is 15.3. The van der Waals surface area contributed by atoms with Gasteiger partial charge < -0.3 is 37.9 Å². The van der Waals surface area contributed by atoms with Crippen molar-refractivity contribution >= 4 is 146 Å². The smallest absolute Gasteiger partial charge is 0.462 e. The number of hydrogen-bond acceptors (Lipinski definition) is 50. The Labute approximate surface area is 1000 Å². The first kappa shape index (κ1) is 153. The monoisotopic (exact) mass is 2200 g/mol. The van der Waals surface area contributed by atoms with Crippen LogP contribution in [0.1, 0.15) is 0 Å². The fourth-order valence-electron chi connectivity index (χ4n) is 9.08. The van der Waals surface area contributed by atoms with Crippen LogP contribution in [0.15, 0.2) is 24.3 Å². The van der Waals surface area contributed by atoms with Crippen molar-refractivity contribution < 1.29 is 692 Å². The fraction of sp³-hybridized carbons (Fsp3) is 0.800. The zero-order valence-corrected chi connectivity index (χ0v) is 104. The molecule has 0 unspecified atom stereocenters. The topological polar surface area (TPSA) is 964 Å². The SMILES string of the molecule is O=S(=O)(O)OC[C@H]1O[C@@H](Oc2cccc(O[C@@H]3O[C@H](COS(=O)(=O)O)[C@@H](O[C@@H]4O[C@H](COS(=O)(=O)O)[C@@H](OS(=O)(=O)O)[C@H](OS(=O)(=O)O)[C@H]4OS(=O)(=O)O)[C@H](OS(=O)(=O)O)[C@H]3OS(=O)(=O)O)c2)[C@H](OS(=O)(=O)O)[C@@H](OS(=O)(=O)O)[C@@H]1O[C@@H]1O[C@H](COS(=O)(=O)O)[C@@H](OS(=O)(=O)O)[C@H](OS(=O)(=O)O)[C@H]1OS(=O)(=O)O.[Na+].[Na+].[Na+].[Na+].[Na+].[Na+].[Na+].[Na+].[Na+].[Na+].[Na+].[Na+].[Na+].[Na+]. The number of rotatable bonds is 40. The molecule has 634 valence electrons. The maximum absolute atomic E-state index is 12.7. The summed E-state index contributed by atoms with van der Waals surface area (Å²) < 4.78 is 579. The van der Waals surface area contributed by atoms with Gasteiger partial charge in [-0.3, -0.25) is 63.7 Å². The van der Waals surface area contributed by atoms with Crippen molar-refractivity contribution in [3.05, 3.63) is 24.3 Å². The van der Waals surface area contributed by atoms with Crippen LogP contribution in [0, 0.1) is 0 Å². The molecule has 0 amide bonds. The minimum absolute atomic E-state index is 0. The summed E-state index contributed by atoms with van der Waals surface area (Å²) in [4.78, 5) is 0. The Morgan fingerprint density at radius 3 is 0.557 bits per heavy atom. The summed E-state index contributed by atoms with van der Waals surface area (Å²) in [6.07, 6.45) is -68.1. The summed E-state index contributed by atoms with van der Waals surface area (Å²) in [7, 11) is -88.2. The van der Waals surface area contributed by atoms with Gasteiger partial charge in [0.05, 0.1) is 26.4 Å². The predicted molar refractivity (Wildman–Crippen MR) is 306 cm³/mol. The van der Waals surface area contributed by atoms with Crippen molar-refractivity contribution in [2.24, 2.45) is 0 Å². The molecule has 1 aromatic carbocycles. The van der Waals surface area contributed by atoms with Gasteiger partial charge in [0.25, 0.3) is 0 Å². The average Bonchev–Trinajstić information content (AvgIpc) is 0.762. The second kappa shape index (κ2) is 61.9. The second-order valence-electron chi connectivity index (χ2n) is 19.8. The van der Waals surface area contributed by atoms with E-state index in [-0.39, 0.29) is 420 Å². The van der Waals surface area contributed by atoms with E-state index in [4.69, 9.17) is 37.9 Å². The standard InChI is InChI=1S/C30H46O64S14.14Na/c31-95(32,33)73-5-11-15(83-29-25(93-107(67,68)69)21(89-103(55,56)57)17(85-99(43,44)45)13(81-29)7-75-97(37,38)39)19(87-101(49,50)51)23(91-105(61,62)63)27(79-11)77-9-2-1-3-10(4-9)78-28-24(92-106(64,65)66)20(88-102(52,53)54)16(12(80-28)6-74-96(34,35)36)84-30-26(94-108(70,71)72)22(90-104(58,59)60)18(86-100(46,47)48)14(82-30)8-76-98(40,41)42;;;;;;;;;;;;;;/h1-4,11-30H,5-8H2,(H,31,32,33)(H,34,35,36)(H,37,38,39)(H,40,41,42)(H,43,44,45)(H,46,47,48)(H,49,50,51)(H,52,53,54)(H,55,56,57)(H,58,59,60)(H,61,62,63)(H,64,65,66)(H,67,68,69)(H,70,71,72);;;;;;;;;;;;;;/q;14*+1/t11-,12-,13-,14-,15-,16-,17-,18-,19+,20+,21+,22+,23-,24-,25-,26-,27-,28-,29+,30+;;;;;;;;;;;;;;/m1............../s1. The molecular weight excluding hydrogens is 2160 g/mol. The zero-order chi connectivity index (χ0) is 82.9. The summed E-state index contributed by atoms with van der Waals surface area (Å²) in [5.41, 5.74) is 0. The second-order valence-corrected chi connectivity index (χ2v) is 34.7. The predicted octanol–water partition coefficient (Wildman–Crippen LogP) is -52.7. The minimum Gasteiger partial charge on any atom is -0.462 e. The van der Waals surface area contributed by atoms with Crippen molar-refractivity contribution in [3.8, 4) is 11.5 Å². The Morgan fingerprint density at radius 1 is 0.213 bits per heavy atom. The normalized spacial score (nSPS) is 27.5. The average molecular weight is 2200 g/mol. The van der Waals surface area contributed by atoms with E-state index in [0.29, 0.717) is 18.2 Å². The largest absolute Gasteiger partial charge is 1.00 e. The molecule has 20 atom stereocenters. The molecule has 0 saturated carbocycles. The van der Waals surface area contributed by atoms with E-state index in [9.17, 15) is 182 Å². The van der Waals surface area contributed by atoms with Gasteiger partial charge in [0.15, 0.2) is 37.0 Å². The Morgan fingerprint density at radius 2 is 0.369 bits per heavy atom. The van der Waals surface area contributed by atoms with Gasteiger partial charge in [-0.1, -0.05) is 6.07 Å². The van der Waals surface area contributed by atoms with Crippen molar-refractivity contribution in [2.75, 3.05) is 26.4 Å². The maximum Gasteiger partial charge on any atom is 1.00 e. The Kier molecular flexibility index (Phi) is 77.6. The molecular formula is C30H46Na14O64S14+14. The van der Waals surface area contributed by atoms with Gasteiger partial charge in [-0.25, -0.2) is 58.6 Å². The van der Waals surface area contributed by atoms with Crippen molar-refractivity contribution in [1.82, 2.24) is 0 Å². The molecule has 0 bridgehead atoms. The van der Waals surface area contributed by atoms with E-state index >= 15 is 0 Å². The Balaban J connectivity index is -0.00000112. The van der Waals surface area contributed by atoms with Gasteiger partial charge in [-0.2, -0.15) is 118 Å². The summed E-state index contributed by atoms with van der Waals surface area (Å²) in [5.74, 6) is -2.50. The van der Waals surface area contributed by atoms with Gasteiger partial charge in [-0.05, 0) is 12.1 Å². The van der Waals surface area contributed by atoms with E-state index in [1.165, 1.54) is 0 Å². The van der Waals surface area contributed by atoms with Crippen LogP contribution in [-0.2, 0) is 233 Å². The van der Waals surface area contributed by atoms with Crippen molar-refractivity contribution in [2.45, 2.75) is 123 Å². The summed E-state index contributed by atoms with van der Waals surface area (Å²) in [5, 5.41) is 0. The van der Waals surface area contributed by atoms with Gasteiger partial charge >= 0.3 is 559 Å². The molecule has 14 N–H and O–H groups in total. The van der Waals surface area contributed by atoms with Gasteiger partial charge in [0.2, 0.25) is 12.6 Å². The van der Waals surface area contributed by atoms with E-state index in [0.717, 1.165) is 0 Å². The van der Waals surface area contributed by atoms with E-state index in [1.807, 2.05) is 0 Å². The van der Waals surface area contributed by atoms with Crippen LogP contribution in [0.2, 0.25) is 0 Å². The first-order chi connectivity index (χ1) is 48.2. The molecule has 4 aliphatic heterocycles. The van der Waals surface area contributed by atoms with Crippen LogP contribution in [0.3, 0.4) is 0 Å². The molecule has 0 aliphatic carbocycles. The third-order valence-electron chi connectivity index (χ3n) is 12.1. The van der Waals surface area contributed by atoms with Crippen LogP contribution < -0.4 is 423 Å². The minimum atomic E-state index is -6.53. The van der Waals surface area contributed by atoms with Gasteiger partial charge in [-0.15, -0.1) is 0 Å². The third-order valence-corrected chi connectivity index (χ3v) is 18.5. The molecule has 5 rings (SSSR count). The van der Waals surface area contributed by atoms with Gasteiger partial charge in [0, 0.05) is 6.07 Å². The van der Waals surface area contributed by atoms with E-state index < -0.39 is 306 Å². The molecule has 0 radical (unpaired) electrons. The molecule has 0 spiro atoms. The van der Waals surface area contributed by atoms with Gasteiger partial charge in [0.1, 0.15) is 84.7 Å². The molecule has 4 aliphatic rings. The third kappa shape index (κ3) is 60.5. The van der Waals surface area contributed by atoms with E-state index in [1.54, 1.807) is 0 Å². The van der Waals surface area contributed by atoms with Crippen LogP contribution in [0.5, 0.6) is 11.5 Å². The molecule has 92 heteroatoms. The van der Waals surface area contributed by atoms with E-state index in [2.05, 4.69) is 58.6 Å². The number of ether oxygens (including phenoxy) is 8. The summed E-state index contributed by atoms with van der Waals surface area (Å²) >= 11 is 0. The van der Waals surface area contributed by atoms with Crippen molar-refractivity contribution in [1.29, 1.82) is 0 Å². The maximum atomic E-state index is 12.7. The van der Waals surface area contributed by atoms with Crippen LogP contribution in [-0.4, -0.2) is 331 Å². The Hall–Kier alpha value is 10.8. The molecule has 64 nitrogen and oxygen atoms in total. The molecule has 0 aromatic heterocycles. The molecule has 4 saturated heterocycles. The quantitative estimate of drug-likeness (QED) is 0.0214.